The van der Waals surface area contributed by atoms with E-state index in [1.54, 1.807) is 31.3 Å². The van der Waals surface area contributed by atoms with Crippen molar-refractivity contribution in [3.63, 3.8) is 0 Å². The van der Waals surface area contributed by atoms with Gasteiger partial charge in [-0.05, 0) is 36.4 Å². The molecule has 0 radical (unpaired) electrons. The first kappa shape index (κ1) is 16.6. The Bertz CT molecular complexity index is 782. The number of hydrogen-bond acceptors (Lipinski definition) is 6. The maximum atomic E-state index is 7.30. The van der Waals surface area contributed by atoms with Gasteiger partial charge in [-0.25, -0.2) is 9.98 Å². The van der Waals surface area contributed by atoms with E-state index in [4.69, 9.17) is 16.9 Å². The molecule has 6 nitrogen and oxygen atoms in total. The zero-order valence-corrected chi connectivity index (χ0v) is 13.5. The molecular formula is C16H18N6S. The Morgan fingerprint density at radius 2 is 2.13 bits per heavy atom. The summed E-state index contributed by atoms with van der Waals surface area (Å²) in [6, 6.07) is 10.7. The molecule has 0 saturated carbocycles. The number of nitrogens with two attached hydrogens (primary N) is 2. The number of nitrogens with one attached hydrogen (secondary N) is 2. The molecule has 0 spiro atoms. The van der Waals surface area contributed by atoms with Crippen molar-refractivity contribution in [2.24, 2.45) is 10.7 Å². The van der Waals surface area contributed by atoms with Crippen molar-refractivity contribution >= 4 is 46.8 Å². The van der Waals surface area contributed by atoms with Crippen LogP contribution < -0.4 is 16.8 Å². The Morgan fingerprint density at radius 3 is 2.83 bits per heavy atom. The van der Waals surface area contributed by atoms with Crippen LogP contribution in [-0.4, -0.2) is 24.1 Å². The molecule has 0 aliphatic rings. The van der Waals surface area contributed by atoms with Crippen LogP contribution in [-0.2, 0) is 0 Å². The molecule has 1 aromatic carbocycles. The van der Waals surface area contributed by atoms with Crippen molar-refractivity contribution in [2.45, 2.75) is 0 Å². The summed E-state index contributed by atoms with van der Waals surface area (Å²) in [7, 11) is 1.80. The highest BCUT2D eigenvalue weighted by Gasteiger charge is 2.02. The fourth-order valence-electron chi connectivity index (χ4n) is 1.87. The lowest BCUT2D eigenvalue weighted by atomic mass is 10.2. The number of aliphatic imine (C=N–C) groups is 1. The summed E-state index contributed by atoms with van der Waals surface area (Å²) in [6.07, 6.45) is 2.81. The first-order chi connectivity index (χ1) is 11.0. The minimum absolute atomic E-state index is 0.285. The molecule has 2 aromatic rings. The number of benzene rings is 1. The monoisotopic (exact) mass is 326 g/mol. The summed E-state index contributed by atoms with van der Waals surface area (Å²) in [4.78, 5) is 9.26. The third-order valence-corrected chi connectivity index (χ3v) is 3.39. The van der Waals surface area contributed by atoms with Gasteiger partial charge in [0.25, 0.3) is 0 Å². The quantitative estimate of drug-likeness (QED) is 0.251. The van der Waals surface area contributed by atoms with E-state index >= 15 is 0 Å². The molecule has 0 bridgehead atoms. The topological polar surface area (TPSA) is 113 Å². The first-order valence-corrected chi connectivity index (χ1v) is 7.28. The lowest BCUT2D eigenvalue weighted by Gasteiger charge is -2.04. The summed E-state index contributed by atoms with van der Waals surface area (Å²) in [5, 5.41) is 10.3. The predicted molar refractivity (Wildman–Crippen MR) is 101 cm³/mol. The number of anilines is 2. The predicted octanol–water partition coefficient (Wildman–Crippen LogP) is 2.66. The molecule has 0 unspecified atom stereocenters. The smallest absolute Gasteiger partial charge is 0.126 e. The fraction of sp³-hybridized carbons (Fsp3) is 0.0625. The Balaban J connectivity index is 2.28. The van der Waals surface area contributed by atoms with Gasteiger partial charge in [-0.2, -0.15) is 0 Å². The van der Waals surface area contributed by atoms with Crippen LogP contribution in [0.15, 0.2) is 47.5 Å². The van der Waals surface area contributed by atoms with Gasteiger partial charge < -0.3 is 22.2 Å². The van der Waals surface area contributed by atoms with Crippen LogP contribution in [0.3, 0.4) is 0 Å². The minimum Gasteiger partial charge on any atom is -0.398 e. The molecular weight excluding hydrogens is 308 g/mol. The molecule has 7 heteroatoms. The van der Waals surface area contributed by atoms with Crippen molar-refractivity contribution < 1.29 is 0 Å². The molecule has 0 amide bonds. The molecule has 1 aromatic heterocycles. The molecule has 2 rings (SSSR count). The Hall–Kier alpha value is -2.80. The van der Waals surface area contributed by atoms with Gasteiger partial charge in [0.15, 0.2) is 0 Å². The summed E-state index contributed by atoms with van der Waals surface area (Å²) in [6.45, 7) is 0. The van der Waals surface area contributed by atoms with Crippen LogP contribution in [0.25, 0.3) is 4.91 Å². The number of nitrogen functional groups attached to an aromatic ring is 1. The van der Waals surface area contributed by atoms with Gasteiger partial charge in [-0.3, -0.25) is 0 Å². The Kier molecular flexibility index (Phi) is 5.37. The van der Waals surface area contributed by atoms with Crippen molar-refractivity contribution in [3.05, 3.63) is 53.7 Å². The number of aromatic nitrogens is 1. The highest BCUT2D eigenvalue weighted by Crippen LogP contribution is 2.20. The van der Waals surface area contributed by atoms with Crippen LogP contribution >= 0.6 is 12.6 Å². The second-order valence-electron chi connectivity index (χ2n) is 4.68. The number of thiol groups is 1. The van der Waals surface area contributed by atoms with Crippen molar-refractivity contribution in [2.75, 3.05) is 18.1 Å². The molecule has 0 aliphatic carbocycles. The van der Waals surface area contributed by atoms with E-state index in [1.807, 2.05) is 18.2 Å². The van der Waals surface area contributed by atoms with Crippen molar-refractivity contribution in [3.8, 4) is 0 Å². The van der Waals surface area contributed by atoms with Crippen LogP contribution in [0.2, 0.25) is 0 Å². The lowest BCUT2D eigenvalue weighted by Crippen LogP contribution is -2.08. The van der Waals surface area contributed by atoms with E-state index in [2.05, 4.69) is 27.9 Å². The van der Waals surface area contributed by atoms with E-state index in [0.717, 1.165) is 5.82 Å². The first-order valence-electron chi connectivity index (χ1n) is 6.83. The summed E-state index contributed by atoms with van der Waals surface area (Å²) in [5.41, 5.74) is 14.1. The fourth-order valence-corrected chi connectivity index (χ4v) is 2.13. The van der Waals surface area contributed by atoms with Gasteiger partial charge in [-0.1, -0.05) is 6.07 Å². The van der Waals surface area contributed by atoms with Crippen LogP contribution in [0.5, 0.6) is 0 Å². The highest BCUT2D eigenvalue weighted by molar-refractivity contribution is 7.90. The van der Waals surface area contributed by atoms with Crippen LogP contribution in [0.1, 0.15) is 11.3 Å². The average molecular weight is 326 g/mol. The van der Waals surface area contributed by atoms with Gasteiger partial charge in [0.05, 0.1) is 11.4 Å². The molecule has 1 heterocycles. The van der Waals surface area contributed by atoms with Crippen LogP contribution in [0.4, 0.5) is 17.2 Å². The van der Waals surface area contributed by atoms with Gasteiger partial charge in [0, 0.05) is 29.4 Å². The average Bonchev–Trinajstić information content (AvgIpc) is 2.56. The highest BCUT2D eigenvalue weighted by atomic mass is 32.1. The number of nitrogens with zero attached hydrogens (tertiary/aromatic N) is 2. The van der Waals surface area contributed by atoms with Gasteiger partial charge in [0.2, 0.25) is 0 Å². The third-order valence-electron chi connectivity index (χ3n) is 3.04. The summed E-state index contributed by atoms with van der Waals surface area (Å²) >= 11 is 4.42. The number of hydrogen-bond donors (Lipinski definition) is 5. The molecule has 23 heavy (non-hydrogen) atoms. The van der Waals surface area contributed by atoms with E-state index in [-0.39, 0.29) is 5.84 Å². The maximum absolute atomic E-state index is 7.30. The number of pyridine rings is 1. The van der Waals surface area contributed by atoms with Crippen molar-refractivity contribution in [1.82, 2.24) is 4.98 Å². The Morgan fingerprint density at radius 1 is 1.35 bits per heavy atom. The largest absolute Gasteiger partial charge is 0.398 e. The normalized spacial score (nSPS) is 12.1. The number of amidine groups is 1. The standard InChI is InChI=1S/C16H18N6S/c1-20-16-4-2-3-13(22-16)14(23)8-15(19)21-11-5-6-12(18)10(7-11)9-17/h2-9,17,23H,18H2,1H3,(H2,19,21)(H,20,22)/b14-8-,17-9?. The molecule has 0 atom stereocenters. The molecule has 0 saturated heterocycles. The minimum atomic E-state index is 0.285. The van der Waals surface area contributed by atoms with Gasteiger partial charge >= 0.3 is 0 Å². The molecule has 0 aliphatic heterocycles. The lowest BCUT2D eigenvalue weighted by molar-refractivity contribution is 1.26. The van der Waals surface area contributed by atoms with Gasteiger partial charge in [0.1, 0.15) is 11.7 Å². The Labute approximate surface area is 140 Å². The zero-order chi connectivity index (χ0) is 16.8. The maximum Gasteiger partial charge on any atom is 0.126 e. The molecule has 0 fully saturated rings. The van der Waals surface area contributed by atoms with Gasteiger partial charge in [-0.15, -0.1) is 12.6 Å². The SMILES string of the molecule is CNc1cccc(/C(S)=C/C(N)=Nc2ccc(N)c(C=N)c2)n1. The molecule has 118 valence electrons. The van der Waals surface area contributed by atoms with Crippen LogP contribution in [0, 0.1) is 5.41 Å². The van der Waals surface area contributed by atoms with E-state index < -0.39 is 0 Å². The summed E-state index contributed by atoms with van der Waals surface area (Å²) in [5.74, 6) is 1.03. The third kappa shape index (κ3) is 4.33. The van der Waals surface area contributed by atoms with E-state index in [0.29, 0.717) is 27.5 Å². The second-order valence-corrected chi connectivity index (χ2v) is 5.16. The number of rotatable bonds is 5. The zero-order valence-electron chi connectivity index (χ0n) is 12.6. The molecule has 6 N–H and O–H groups in total. The van der Waals surface area contributed by atoms with E-state index in [1.165, 1.54) is 6.21 Å². The second kappa shape index (κ2) is 7.46. The summed E-state index contributed by atoms with van der Waals surface area (Å²) < 4.78 is 0. The van der Waals surface area contributed by atoms with Crippen molar-refractivity contribution in [1.29, 1.82) is 5.41 Å². The van der Waals surface area contributed by atoms with E-state index in [9.17, 15) is 0 Å².